The average molecular weight is 277 g/mol. The van der Waals surface area contributed by atoms with E-state index in [4.69, 9.17) is 9.47 Å². The molecule has 1 fully saturated rings. The molecule has 0 saturated carbocycles. The quantitative estimate of drug-likeness (QED) is 0.787. The standard InChI is InChI=1S/C15H19NO4/c1-10(11-4-6-13(19-2)7-5-11)16-9-12(8-14(16)17)15(18)20-3/h4-7,10,12H,8-9H2,1-3H3/t10-,12?/m0/s1. The number of carbonyl (C=O) groups is 2. The second-order valence-electron chi connectivity index (χ2n) is 4.92. The van der Waals surface area contributed by atoms with Crippen LogP contribution >= 0.6 is 0 Å². The predicted molar refractivity (Wildman–Crippen MR) is 73.2 cm³/mol. The first kappa shape index (κ1) is 14.4. The van der Waals surface area contributed by atoms with E-state index < -0.39 is 0 Å². The Labute approximate surface area is 118 Å². The summed E-state index contributed by atoms with van der Waals surface area (Å²) < 4.78 is 9.83. The maximum absolute atomic E-state index is 12.0. The van der Waals surface area contributed by atoms with Crippen molar-refractivity contribution in [2.45, 2.75) is 19.4 Å². The number of likely N-dealkylation sites (tertiary alicyclic amines) is 1. The Bertz CT molecular complexity index is 497. The molecule has 0 spiro atoms. The zero-order valence-corrected chi connectivity index (χ0v) is 12.0. The van der Waals surface area contributed by atoms with Gasteiger partial charge in [0.15, 0.2) is 0 Å². The summed E-state index contributed by atoms with van der Waals surface area (Å²) in [5, 5.41) is 0. The fourth-order valence-corrected chi connectivity index (χ4v) is 2.49. The van der Waals surface area contributed by atoms with Crippen LogP contribution in [0, 0.1) is 5.92 Å². The third-order valence-electron chi connectivity index (χ3n) is 3.76. The first-order valence-electron chi connectivity index (χ1n) is 6.58. The van der Waals surface area contributed by atoms with E-state index in [-0.39, 0.29) is 30.3 Å². The maximum atomic E-state index is 12.0. The van der Waals surface area contributed by atoms with Crippen LogP contribution in [-0.4, -0.2) is 37.5 Å². The van der Waals surface area contributed by atoms with Crippen molar-refractivity contribution in [3.8, 4) is 5.75 Å². The van der Waals surface area contributed by atoms with E-state index in [9.17, 15) is 9.59 Å². The SMILES string of the molecule is COC(=O)C1CC(=O)N([C@@H](C)c2ccc(OC)cc2)C1. The molecule has 1 heterocycles. The van der Waals surface area contributed by atoms with E-state index in [1.165, 1.54) is 7.11 Å². The van der Waals surface area contributed by atoms with Crippen LogP contribution < -0.4 is 4.74 Å². The van der Waals surface area contributed by atoms with Gasteiger partial charge in [0.2, 0.25) is 5.91 Å². The molecule has 1 aromatic rings. The minimum absolute atomic E-state index is 0.0104. The molecule has 0 aromatic heterocycles. The van der Waals surface area contributed by atoms with Crippen molar-refractivity contribution in [1.29, 1.82) is 0 Å². The average Bonchev–Trinajstić information content (AvgIpc) is 2.87. The van der Waals surface area contributed by atoms with E-state index in [1.54, 1.807) is 12.0 Å². The van der Waals surface area contributed by atoms with Crippen LogP contribution in [0.5, 0.6) is 5.75 Å². The van der Waals surface area contributed by atoms with Gasteiger partial charge in [-0.3, -0.25) is 9.59 Å². The lowest BCUT2D eigenvalue weighted by molar-refractivity contribution is -0.145. The summed E-state index contributed by atoms with van der Waals surface area (Å²) in [6.07, 6.45) is 0.229. The fraction of sp³-hybridized carbons (Fsp3) is 0.467. The number of rotatable bonds is 4. The number of hydrogen-bond donors (Lipinski definition) is 0. The van der Waals surface area contributed by atoms with Crippen LogP contribution in [0.1, 0.15) is 24.9 Å². The molecule has 1 saturated heterocycles. The van der Waals surface area contributed by atoms with E-state index in [0.29, 0.717) is 6.54 Å². The van der Waals surface area contributed by atoms with Gasteiger partial charge >= 0.3 is 5.97 Å². The largest absolute Gasteiger partial charge is 0.497 e. The molecule has 0 radical (unpaired) electrons. The highest BCUT2D eigenvalue weighted by atomic mass is 16.5. The van der Waals surface area contributed by atoms with Crippen molar-refractivity contribution < 1.29 is 19.1 Å². The van der Waals surface area contributed by atoms with Crippen molar-refractivity contribution in [2.75, 3.05) is 20.8 Å². The Balaban J connectivity index is 2.10. The monoisotopic (exact) mass is 277 g/mol. The molecule has 108 valence electrons. The topological polar surface area (TPSA) is 55.8 Å². The van der Waals surface area contributed by atoms with Crippen LogP contribution in [0.3, 0.4) is 0 Å². The summed E-state index contributed by atoms with van der Waals surface area (Å²) >= 11 is 0. The first-order valence-corrected chi connectivity index (χ1v) is 6.58. The lowest BCUT2D eigenvalue weighted by Gasteiger charge is -2.25. The number of ether oxygens (including phenoxy) is 2. The van der Waals surface area contributed by atoms with E-state index in [0.717, 1.165) is 11.3 Å². The smallest absolute Gasteiger partial charge is 0.310 e. The molecule has 0 N–H and O–H groups in total. The number of benzene rings is 1. The maximum Gasteiger partial charge on any atom is 0.310 e. The van der Waals surface area contributed by atoms with Crippen LogP contribution in [0.15, 0.2) is 24.3 Å². The summed E-state index contributed by atoms with van der Waals surface area (Å²) in [6, 6.07) is 7.53. The zero-order valence-electron chi connectivity index (χ0n) is 12.0. The van der Waals surface area contributed by atoms with Crippen molar-refractivity contribution in [1.82, 2.24) is 4.90 Å². The zero-order chi connectivity index (χ0) is 14.7. The Morgan fingerprint density at radius 1 is 1.30 bits per heavy atom. The van der Waals surface area contributed by atoms with Gasteiger partial charge in [-0.05, 0) is 24.6 Å². The third-order valence-corrected chi connectivity index (χ3v) is 3.76. The van der Waals surface area contributed by atoms with Crippen LogP contribution in [0.25, 0.3) is 0 Å². The molecule has 1 aromatic carbocycles. The predicted octanol–water partition coefficient (Wildman–Crippen LogP) is 1.78. The second-order valence-corrected chi connectivity index (χ2v) is 4.92. The molecule has 1 aliphatic rings. The molecule has 5 nitrogen and oxygen atoms in total. The Kier molecular flexibility index (Phi) is 4.27. The van der Waals surface area contributed by atoms with Crippen molar-refractivity contribution in [3.05, 3.63) is 29.8 Å². The summed E-state index contributed by atoms with van der Waals surface area (Å²) in [4.78, 5) is 25.3. The highest BCUT2D eigenvalue weighted by Gasteiger charge is 2.37. The van der Waals surface area contributed by atoms with E-state index in [1.807, 2.05) is 31.2 Å². The van der Waals surface area contributed by atoms with Gasteiger partial charge in [-0.2, -0.15) is 0 Å². The lowest BCUT2D eigenvalue weighted by Crippen LogP contribution is -2.29. The molecular weight excluding hydrogens is 258 g/mol. The summed E-state index contributed by atoms with van der Waals surface area (Å²) in [5.41, 5.74) is 1.02. The number of nitrogens with zero attached hydrogens (tertiary/aromatic N) is 1. The van der Waals surface area contributed by atoms with Gasteiger partial charge in [0.25, 0.3) is 0 Å². The van der Waals surface area contributed by atoms with Crippen molar-refractivity contribution in [2.24, 2.45) is 5.92 Å². The van der Waals surface area contributed by atoms with Crippen LogP contribution in [-0.2, 0) is 14.3 Å². The molecule has 1 unspecified atom stereocenters. The number of carbonyl (C=O) groups excluding carboxylic acids is 2. The van der Waals surface area contributed by atoms with Crippen LogP contribution in [0.4, 0.5) is 0 Å². The van der Waals surface area contributed by atoms with Gasteiger partial charge in [-0.25, -0.2) is 0 Å². The fourth-order valence-electron chi connectivity index (χ4n) is 2.49. The van der Waals surface area contributed by atoms with Gasteiger partial charge in [-0.1, -0.05) is 12.1 Å². The minimum Gasteiger partial charge on any atom is -0.497 e. The van der Waals surface area contributed by atoms with E-state index in [2.05, 4.69) is 0 Å². The molecule has 1 amide bonds. The molecule has 20 heavy (non-hydrogen) atoms. The van der Waals surface area contributed by atoms with Gasteiger partial charge < -0.3 is 14.4 Å². The summed E-state index contributed by atoms with van der Waals surface area (Å²) in [7, 11) is 2.96. The molecule has 1 aliphatic heterocycles. The van der Waals surface area contributed by atoms with E-state index >= 15 is 0 Å². The van der Waals surface area contributed by atoms with Crippen LogP contribution in [0.2, 0.25) is 0 Å². The Morgan fingerprint density at radius 3 is 2.50 bits per heavy atom. The molecule has 2 atom stereocenters. The number of methoxy groups -OCH3 is 2. The number of amides is 1. The highest BCUT2D eigenvalue weighted by molar-refractivity contribution is 5.87. The minimum atomic E-state index is -0.354. The lowest BCUT2D eigenvalue weighted by atomic mass is 10.1. The van der Waals surface area contributed by atoms with Gasteiger partial charge in [0.05, 0.1) is 26.2 Å². The normalized spacial score (nSPS) is 19.9. The molecule has 0 aliphatic carbocycles. The highest BCUT2D eigenvalue weighted by Crippen LogP contribution is 2.29. The van der Waals surface area contributed by atoms with Gasteiger partial charge in [0, 0.05) is 13.0 Å². The first-order chi connectivity index (χ1) is 9.56. The number of esters is 1. The summed E-state index contributed by atoms with van der Waals surface area (Å²) in [6.45, 7) is 2.37. The molecule has 5 heteroatoms. The molecular formula is C15H19NO4. The summed E-state index contributed by atoms with van der Waals surface area (Å²) in [5.74, 6) is 0.0980. The molecule has 0 bridgehead atoms. The van der Waals surface area contributed by atoms with Crippen molar-refractivity contribution in [3.63, 3.8) is 0 Å². The van der Waals surface area contributed by atoms with Gasteiger partial charge in [-0.15, -0.1) is 0 Å². The Morgan fingerprint density at radius 2 is 1.95 bits per heavy atom. The molecule has 2 rings (SSSR count). The Hall–Kier alpha value is -2.04. The van der Waals surface area contributed by atoms with Gasteiger partial charge in [0.1, 0.15) is 5.75 Å². The second kappa shape index (κ2) is 5.94. The van der Waals surface area contributed by atoms with Crippen molar-refractivity contribution >= 4 is 11.9 Å². The third kappa shape index (κ3) is 2.76. The number of hydrogen-bond acceptors (Lipinski definition) is 4.